The van der Waals surface area contributed by atoms with Crippen LogP contribution in [0.4, 0.5) is 0 Å². The number of hydrogen-bond acceptors (Lipinski definition) is 4. The molecule has 1 aromatic carbocycles. The van der Waals surface area contributed by atoms with Crippen LogP contribution in [-0.4, -0.2) is 40.8 Å². The molecule has 6 nitrogen and oxygen atoms in total. The lowest BCUT2D eigenvalue weighted by Crippen LogP contribution is -2.32. The maximum Gasteiger partial charge on any atom is 0.309 e. The van der Waals surface area contributed by atoms with Gasteiger partial charge in [-0.05, 0) is 18.2 Å². The first kappa shape index (κ1) is 14.2. The summed E-state index contributed by atoms with van der Waals surface area (Å²) < 4.78 is 26.7. The van der Waals surface area contributed by atoms with Crippen LogP contribution >= 0.6 is 23.8 Å². The lowest BCUT2D eigenvalue weighted by molar-refractivity contribution is 0.512. The van der Waals surface area contributed by atoms with Crippen LogP contribution < -0.4 is 5.73 Å². The van der Waals surface area contributed by atoms with E-state index in [1.54, 1.807) is 18.2 Å². The van der Waals surface area contributed by atoms with Crippen LogP contribution in [0.1, 0.15) is 5.82 Å². The van der Waals surface area contributed by atoms with Gasteiger partial charge in [0.1, 0.15) is 4.99 Å². The first-order valence-electron chi connectivity index (χ1n) is 5.16. The zero-order valence-corrected chi connectivity index (χ0v) is 12.6. The third-order valence-corrected chi connectivity index (χ3v) is 4.66. The molecule has 0 aliphatic carbocycles. The normalized spacial score (nSPS) is 12.2. The maximum atomic E-state index is 12.3. The molecule has 0 bridgehead atoms. The first-order chi connectivity index (χ1) is 8.75. The topological polar surface area (TPSA) is 81.2 Å². The highest BCUT2D eigenvalue weighted by Gasteiger charge is 2.25. The molecule has 0 aliphatic heterocycles. The fraction of sp³-hybridized carbons (Fsp3) is 0.200. The van der Waals surface area contributed by atoms with Gasteiger partial charge in [0.25, 0.3) is 0 Å². The number of rotatable bonds is 3. The summed E-state index contributed by atoms with van der Waals surface area (Å²) in [5.74, 6) is 0.0148. The van der Waals surface area contributed by atoms with E-state index in [2.05, 4.69) is 4.98 Å². The van der Waals surface area contributed by atoms with Gasteiger partial charge in [-0.15, -0.1) is 0 Å². The van der Waals surface area contributed by atoms with E-state index in [9.17, 15) is 8.42 Å². The van der Waals surface area contributed by atoms with Crippen molar-refractivity contribution >= 4 is 50.1 Å². The fourth-order valence-electron chi connectivity index (χ4n) is 1.58. The SMILES string of the molecule is CN(C)S(=O)(=O)n1c(C(N)=S)nc2cc(Cl)ccc21. The van der Waals surface area contributed by atoms with Crippen molar-refractivity contribution in [2.75, 3.05) is 14.1 Å². The number of halogens is 1. The van der Waals surface area contributed by atoms with E-state index in [1.165, 1.54) is 14.1 Å². The van der Waals surface area contributed by atoms with Crippen molar-refractivity contribution < 1.29 is 8.42 Å². The molecule has 0 radical (unpaired) electrons. The van der Waals surface area contributed by atoms with Crippen molar-refractivity contribution in [3.8, 4) is 0 Å². The third kappa shape index (κ3) is 2.32. The van der Waals surface area contributed by atoms with Gasteiger partial charge in [0.05, 0.1) is 11.0 Å². The molecule has 0 amide bonds. The van der Waals surface area contributed by atoms with Crippen LogP contribution in [0.5, 0.6) is 0 Å². The zero-order chi connectivity index (χ0) is 14.4. The summed E-state index contributed by atoms with van der Waals surface area (Å²) in [6, 6.07) is 4.70. The molecule has 0 aliphatic rings. The van der Waals surface area contributed by atoms with Gasteiger partial charge in [-0.1, -0.05) is 23.8 Å². The van der Waals surface area contributed by atoms with Gasteiger partial charge < -0.3 is 5.73 Å². The molecule has 1 heterocycles. The summed E-state index contributed by atoms with van der Waals surface area (Å²) in [6.45, 7) is 0. The monoisotopic (exact) mass is 318 g/mol. The molecule has 102 valence electrons. The highest BCUT2D eigenvalue weighted by molar-refractivity contribution is 7.88. The van der Waals surface area contributed by atoms with Crippen LogP contribution in [0.2, 0.25) is 5.02 Å². The molecular formula is C10H11ClN4O2S2. The van der Waals surface area contributed by atoms with Crippen molar-refractivity contribution in [3.05, 3.63) is 29.0 Å². The van der Waals surface area contributed by atoms with Gasteiger partial charge in [-0.2, -0.15) is 12.7 Å². The Morgan fingerprint density at radius 2 is 2.11 bits per heavy atom. The quantitative estimate of drug-likeness (QED) is 0.853. The van der Waals surface area contributed by atoms with E-state index in [4.69, 9.17) is 29.6 Å². The van der Waals surface area contributed by atoms with Crippen LogP contribution in [0, 0.1) is 0 Å². The van der Waals surface area contributed by atoms with Crippen molar-refractivity contribution in [1.29, 1.82) is 0 Å². The number of fused-ring (bicyclic) bond motifs is 1. The maximum absolute atomic E-state index is 12.3. The summed E-state index contributed by atoms with van der Waals surface area (Å²) in [6.07, 6.45) is 0. The van der Waals surface area contributed by atoms with Crippen LogP contribution in [-0.2, 0) is 10.2 Å². The number of imidazole rings is 1. The largest absolute Gasteiger partial charge is 0.387 e. The molecule has 0 saturated heterocycles. The summed E-state index contributed by atoms with van der Waals surface area (Å²) in [5, 5.41) is 0.453. The molecule has 0 unspecified atom stereocenters. The third-order valence-electron chi connectivity index (χ3n) is 2.49. The Hall–Kier alpha value is -1.22. The number of aromatic nitrogens is 2. The lowest BCUT2D eigenvalue weighted by Gasteiger charge is -2.14. The second kappa shape index (κ2) is 4.71. The van der Waals surface area contributed by atoms with Gasteiger partial charge in [-0.25, -0.2) is 8.96 Å². The van der Waals surface area contributed by atoms with E-state index in [0.29, 0.717) is 16.1 Å². The van der Waals surface area contributed by atoms with Gasteiger partial charge in [0.2, 0.25) is 0 Å². The number of nitrogens with two attached hydrogens (primary N) is 1. The average molecular weight is 319 g/mol. The summed E-state index contributed by atoms with van der Waals surface area (Å²) in [4.78, 5) is 4.03. The molecule has 19 heavy (non-hydrogen) atoms. The highest BCUT2D eigenvalue weighted by atomic mass is 35.5. The average Bonchev–Trinajstić information content (AvgIpc) is 2.67. The molecule has 9 heteroatoms. The van der Waals surface area contributed by atoms with Crippen molar-refractivity contribution in [2.24, 2.45) is 5.73 Å². The fourth-order valence-corrected chi connectivity index (χ4v) is 3.03. The van der Waals surface area contributed by atoms with Crippen LogP contribution in [0.25, 0.3) is 11.0 Å². The molecule has 2 aromatic rings. The smallest absolute Gasteiger partial charge is 0.309 e. The van der Waals surface area contributed by atoms with Gasteiger partial charge in [0.15, 0.2) is 5.82 Å². The highest BCUT2D eigenvalue weighted by Crippen LogP contribution is 2.23. The van der Waals surface area contributed by atoms with Crippen molar-refractivity contribution in [1.82, 2.24) is 13.3 Å². The minimum atomic E-state index is -3.77. The van der Waals surface area contributed by atoms with Crippen LogP contribution in [0.3, 0.4) is 0 Å². The van der Waals surface area contributed by atoms with Crippen LogP contribution in [0.15, 0.2) is 18.2 Å². The van der Waals surface area contributed by atoms with E-state index in [0.717, 1.165) is 8.28 Å². The second-order valence-electron chi connectivity index (χ2n) is 3.99. The van der Waals surface area contributed by atoms with E-state index < -0.39 is 10.2 Å². The predicted octanol–water partition coefficient (Wildman–Crippen LogP) is 0.978. The Morgan fingerprint density at radius 3 is 2.63 bits per heavy atom. The minimum Gasteiger partial charge on any atom is -0.387 e. The second-order valence-corrected chi connectivity index (χ2v) is 6.85. The van der Waals surface area contributed by atoms with Crippen molar-refractivity contribution in [2.45, 2.75) is 0 Å². The van der Waals surface area contributed by atoms with Gasteiger partial charge in [-0.3, -0.25) is 0 Å². The minimum absolute atomic E-state index is 0.0148. The Kier molecular flexibility index (Phi) is 3.52. The summed E-state index contributed by atoms with van der Waals surface area (Å²) in [5.41, 5.74) is 6.34. The van der Waals surface area contributed by atoms with Gasteiger partial charge in [0, 0.05) is 19.1 Å². The molecule has 0 saturated carbocycles. The number of nitrogens with zero attached hydrogens (tertiary/aromatic N) is 3. The Balaban J connectivity index is 2.92. The molecular weight excluding hydrogens is 308 g/mol. The molecule has 1 aromatic heterocycles. The number of benzene rings is 1. The van der Waals surface area contributed by atoms with E-state index in [-0.39, 0.29) is 10.8 Å². The number of hydrogen-bond donors (Lipinski definition) is 1. The summed E-state index contributed by atoms with van der Waals surface area (Å²) in [7, 11) is -0.938. The number of thiocarbonyl (C=S) groups is 1. The van der Waals surface area contributed by atoms with Crippen molar-refractivity contribution in [3.63, 3.8) is 0 Å². The Labute approximate surface area is 121 Å². The van der Waals surface area contributed by atoms with Gasteiger partial charge >= 0.3 is 10.2 Å². The predicted molar refractivity (Wildman–Crippen MR) is 78.6 cm³/mol. The Morgan fingerprint density at radius 1 is 1.47 bits per heavy atom. The van der Waals surface area contributed by atoms with E-state index in [1.807, 2.05) is 0 Å². The molecule has 0 atom stereocenters. The molecule has 0 fully saturated rings. The first-order valence-corrected chi connectivity index (χ1v) is 7.34. The standard InChI is InChI=1S/C10H11ClN4O2S2/c1-14(2)19(16,17)15-8-4-3-6(11)5-7(8)13-10(15)9(12)18/h3-5H,1-2H3,(H2,12,18). The Bertz CT molecular complexity index is 767. The zero-order valence-electron chi connectivity index (χ0n) is 10.2. The molecule has 2 N–H and O–H groups in total. The lowest BCUT2D eigenvalue weighted by atomic mass is 10.3. The molecule has 2 rings (SSSR count). The summed E-state index contributed by atoms with van der Waals surface area (Å²) >= 11 is 10.7. The molecule has 0 spiro atoms. The van der Waals surface area contributed by atoms with E-state index >= 15 is 0 Å².